The highest BCUT2D eigenvalue weighted by molar-refractivity contribution is 5.79. The molecular formula is C23H29N5O. The fourth-order valence-corrected chi connectivity index (χ4v) is 2.89. The molecule has 6 heteroatoms. The van der Waals surface area contributed by atoms with Gasteiger partial charge in [0.2, 0.25) is 0 Å². The summed E-state index contributed by atoms with van der Waals surface area (Å²) >= 11 is 0. The van der Waals surface area contributed by atoms with Crippen LogP contribution in [0, 0.1) is 0 Å². The number of ether oxygens (including phenoxy) is 1. The van der Waals surface area contributed by atoms with Crippen molar-refractivity contribution < 1.29 is 4.74 Å². The summed E-state index contributed by atoms with van der Waals surface area (Å²) < 4.78 is 7.86. The van der Waals surface area contributed by atoms with Crippen LogP contribution in [0.5, 0.6) is 5.75 Å². The Kier molecular flexibility index (Phi) is 8.14. The first-order valence-electron chi connectivity index (χ1n) is 10.1. The van der Waals surface area contributed by atoms with Crippen molar-refractivity contribution in [3.63, 3.8) is 0 Å². The van der Waals surface area contributed by atoms with E-state index in [2.05, 4.69) is 56.4 Å². The van der Waals surface area contributed by atoms with Crippen LogP contribution < -0.4 is 15.4 Å². The third-order valence-electron chi connectivity index (χ3n) is 4.35. The number of hydrogen-bond acceptors (Lipinski definition) is 3. The molecule has 2 aromatic carbocycles. The zero-order valence-corrected chi connectivity index (χ0v) is 16.9. The summed E-state index contributed by atoms with van der Waals surface area (Å²) in [6, 6.07) is 20.3. The molecule has 6 nitrogen and oxygen atoms in total. The minimum Gasteiger partial charge on any atom is -0.494 e. The van der Waals surface area contributed by atoms with Crippen LogP contribution in [0.25, 0.3) is 0 Å². The van der Waals surface area contributed by atoms with E-state index < -0.39 is 0 Å². The van der Waals surface area contributed by atoms with Crippen molar-refractivity contribution in [3.05, 3.63) is 84.4 Å². The van der Waals surface area contributed by atoms with Gasteiger partial charge >= 0.3 is 0 Å². The molecule has 2 N–H and O–H groups in total. The number of para-hydroxylation sites is 1. The molecular weight excluding hydrogens is 362 g/mol. The van der Waals surface area contributed by atoms with Gasteiger partial charge in [-0.3, -0.25) is 0 Å². The van der Waals surface area contributed by atoms with Crippen molar-refractivity contribution in [2.75, 3.05) is 19.7 Å². The number of guanidine groups is 1. The highest BCUT2D eigenvalue weighted by Gasteiger charge is 2.04. The lowest BCUT2D eigenvalue weighted by atomic mass is 10.2. The van der Waals surface area contributed by atoms with E-state index in [4.69, 9.17) is 4.74 Å². The molecule has 0 spiro atoms. The van der Waals surface area contributed by atoms with Gasteiger partial charge < -0.3 is 19.9 Å². The Bertz CT molecular complexity index is 861. The van der Waals surface area contributed by atoms with Crippen LogP contribution in [0.1, 0.15) is 24.7 Å². The molecule has 29 heavy (non-hydrogen) atoms. The summed E-state index contributed by atoms with van der Waals surface area (Å²) in [6.45, 7) is 5.65. The molecule has 1 aromatic heterocycles. The lowest BCUT2D eigenvalue weighted by Crippen LogP contribution is -2.38. The number of aliphatic imine (C=N–C) groups is 1. The lowest BCUT2D eigenvalue weighted by molar-refractivity contribution is 0.311. The molecule has 3 aromatic rings. The van der Waals surface area contributed by atoms with E-state index in [1.54, 1.807) is 0 Å². The van der Waals surface area contributed by atoms with E-state index in [-0.39, 0.29) is 0 Å². The van der Waals surface area contributed by atoms with E-state index in [9.17, 15) is 0 Å². The molecule has 0 aliphatic carbocycles. The topological polar surface area (TPSA) is 63.5 Å². The molecule has 0 unspecified atom stereocenters. The van der Waals surface area contributed by atoms with E-state index in [1.807, 2.05) is 48.8 Å². The van der Waals surface area contributed by atoms with Crippen molar-refractivity contribution in [3.8, 4) is 5.75 Å². The van der Waals surface area contributed by atoms with Gasteiger partial charge in [-0.25, -0.2) is 9.98 Å². The largest absolute Gasteiger partial charge is 0.494 e. The van der Waals surface area contributed by atoms with Crippen molar-refractivity contribution in [1.82, 2.24) is 20.2 Å². The van der Waals surface area contributed by atoms with Gasteiger partial charge in [0, 0.05) is 32.0 Å². The Morgan fingerprint density at radius 3 is 2.55 bits per heavy atom. The summed E-state index contributed by atoms with van der Waals surface area (Å²) in [5.41, 5.74) is 1.25. The maximum absolute atomic E-state index is 5.73. The molecule has 0 aliphatic rings. The van der Waals surface area contributed by atoms with E-state index in [1.165, 1.54) is 5.56 Å². The number of aromatic nitrogens is 2. The van der Waals surface area contributed by atoms with Gasteiger partial charge in [-0.1, -0.05) is 48.5 Å². The van der Waals surface area contributed by atoms with Gasteiger partial charge in [-0.2, -0.15) is 0 Å². The number of nitrogens with one attached hydrogen (secondary N) is 2. The zero-order chi connectivity index (χ0) is 20.2. The molecule has 0 saturated carbocycles. The monoisotopic (exact) mass is 391 g/mol. The number of nitrogens with zero attached hydrogens (tertiary/aromatic N) is 3. The van der Waals surface area contributed by atoms with Gasteiger partial charge in [0.15, 0.2) is 5.96 Å². The summed E-state index contributed by atoms with van der Waals surface area (Å²) in [5.74, 6) is 2.64. The number of hydrogen-bond donors (Lipinski definition) is 2. The number of benzene rings is 2. The van der Waals surface area contributed by atoms with Crippen LogP contribution in [0.15, 0.2) is 78.0 Å². The predicted octanol–water partition coefficient (Wildman–Crippen LogP) is 3.46. The Balaban J connectivity index is 1.47. The van der Waals surface area contributed by atoms with Crippen LogP contribution in [-0.4, -0.2) is 35.2 Å². The lowest BCUT2D eigenvalue weighted by Gasteiger charge is -2.12. The van der Waals surface area contributed by atoms with E-state index >= 15 is 0 Å². The van der Waals surface area contributed by atoms with E-state index in [0.29, 0.717) is 13.2 Å². The van der Waals surface area contributed by atoms with Crippen LogP contribution in [0.4, 0.5) is 0 Å². The molecule has 0 radical (unpaired) electrons. The molecule has 3 rings (SSSR count). The smallest absolute Gasteiger partial charge is 0.191 e. The summed E-state index contributed by atoms with van der Waals surface area (Å²) in [6.07, 6.45) is 4.72. The maximum atomic E-state index is 5.73. The van der Waals surface area contributed by atoms with Crippen LogP contribution in [0.2, 0.25) is 0 Å². The fraction of sp³-hybridized carbons (Fsp3) is 0.304. The quantitative estimate of drug-likeness (QED) is 0.316. The minimum absolute atomic E-state index is 0.523. The van der Waals surface area contributed by atoms with Crippen molar-refractivity contribution in [1.29, 1.82) is 0 Å². The third-order valence-corrected chi connectivity index (χ3v) is 4.35. The van der Waals surface area contributed by atoms with Crippen molar-refractivity contribution in [2.45, 2.75) is 26.4 Å². The van der Waals surface area contributed by atoms with Crippen molar-refractivity contribution in [2.24, 2.45) is 4.99 Å². The molecule has 152 valence electrons. The first-order valence-corrected chi connectivity index (χ1v) is 10.1. The fourth-order valence-electron chi connectivity index (χ4n) is 2.89. The first-order chi connectivity index (χ1) is 14.3. The highest BCUT2D eigenvalue weighted by atomic mass is 16.5. The molecule has 0 atom stereocenters. The molecule has 0 saturated heterocycles. The SMILES string of the molecule is CCNC(=NCc1nccn1Cc1ccccc1)NCCCOc1ccccc1. The van der Waals surface area contributed by atoms with Gasteiger partial charge in [0.05, 0.1) is 6.61 Å². The second kappa shape index (κ2) is 11.5. The molecule has 0 aliphatic heterocycles. The number of rotatable bonds is 10. The predicted molar refractivity (Wildman–Crippen MR) is 117 cm³/mol. The highest BCUT2D eigenvalue weighted by Crippen LogP contribution is 2.08. The first kappa shape index (κ1) is 20.5. The van der Waals surface area contributed by atoms with Gasteiger partial charge in [-0.15, -0.1) is 0 Å². The average Bonchev–Trinajstić information content (AvgIpc) is 3.20. The molecule has 0 bridgehead atoms. The molecule has 0 fully saturated rings. The molecule has 0 amide bonds. The number of imidazole rings is 1. The van der Waals surface area contributed by atoms with Crippen LogP contribution in [0.3, 0.4) is 0 Å². The van der Waals surface area contributed by atoms with Crippen LogP contribution >= 0.6 is 0 Å². The Hall–Kier alpha value is -3.28. The Labute approximate surface area is 172 Å². The third kappa shape index (κ3) is 6.99. The second-order valence-electron chi connectivity index (χ2n) is 6.59. The van der Waals surface area contributed by atoms with Crippen LogP contribution in [-0.2, 0) is 13.1 Å². The van der Waals surface area contributed by atoms with Crippen molar-refractivity contribution >= 4 is 5.96 Å². The second-order valence-corrected chi connectivity index (χ2v) is 6.59. The maximum Gasteiger partial charge on any atom is 0.191 e. The van der Waals surface area contributed by atoms with Gasteiger partial charge in [0.25, 0.3) is 0 Å². The summed E-state index contributed by atoms with van der Waals surface area (Å²) in [7, 11) is 0. The zero-order valence-electron chi connectivity index (χ0n) is 16.9. The average molecular weight is 392 g/mol. The Morgan fingerprint density at radius 2 is 1.79 bits per heavy atom. The summed E-state index contributed by atoms with van der Waals surface area (Å²) in [4.78, 5) is 9.15. The van der Waals surface area contributed by atoms with Gasteiger partial charge in [0.1, 0.15) is 18.1 Å². The van der Waals surface area contributed by atoms with E-state index in [0.717, 1.165) is 43.6 Å². The minimum atomic E-state index is 0.523. The normalized spacial score (nSPS) is 11.3. The standard InChI is InChI=1S/C23H29N5O/c1-2-24-23(26-14-9-17-29-21-12-7-4-8-13-21)27-18-22-25-15-16-28(22)19-20-10-5-3-6-11-20/h3-8,10-13,15-16H,2,9,14,17-19H2,1H3,(H2,24,26,27). The summed E-state index contributed by atoms with van der Waals surface area (Å²) in [5, 5.41) is 6.64. The molecule has 1 heterocycles. The van der Waals surface area contributed by atoms with Gasteiger partial charge in [-0.05, 0) is 31.0 Å². The Morgan fingerprint density at radius 1 is 1.03 bits per heavy atom.